The molecule has 1 aliphatic rings. The Morgan fingerprint density at radius 2 is 1.79 bits per heavy atom. The van der Waals surface area contributed by atoms with Crippen LogP contribution in [0.5, 0.6) is 0 Å². The van der Waals surface area contributed by atoms with Crippen LogP contribution in [-0.4, -0.2) is 40.3 Å². The Labute approximate surface area is 172 Å². The summed E-state index contributed by atoms with van der Waals surface area (Å²) in [5.41, 5.74) is -0.286. The molecule has 2 aromatic rings. The number of nitrogens with zero attached hydrogens (tertiary/aromatic N) is 1. The summed E-state index contributed by atoms with van der Waals surface area (Å²) in [6.45, 7) is 0.549. The number of nitrogens with one attached hydrogen (secondary N) is 2. The number of aromatic carboxylic acids is 1. The second-order valence-corrected chi connectivity index (χ2v) is 9.86. The summed E-state index contributed by atoms with van der Waals surface area (Å²) in [6.07, 6.45) is 1.28. The molecule has 0 bridgehead atoms. The molecule has 3 rings (SSSR count). The summed E-state index contributed by atoms with van der Waals surface area (Å²) in [6, 6.07) is 8.45. The van der Waals surface area contributed by atoms with E-state index < -0.39 is 30.9 Å². The highest BCUT2D eigenvalue weighted by atomic mass is 35.5. The maximum Gasteiger partial charge on any atom is 0.335 e. The van der Waals surface area contributed by atoms with Crippen LogP contribution in [0, 0.1) is 0 Å². The van der Waals surface area contributed by atoms with Crippen molar-refractivity contribution in [2.75, 3.05) is 11.3 Å². The summed E-state index contributed by atoms with van der Waals surface area (Å²) in [5.74, 6) is -0.958. The molecule has 154 valence electrons. The molecule has 9 nitrogen and oxygen atoms in total. The number of carboxylic acids is 1. The SMILES string of the molecule is O=C(O)c1ccc(Cl)c(S(=O)(=O)Nc2cccc(S(=O)(=O)NC3=NCCC3)c2)c1. The van der Waals surface area contributed by atoms with Crippen molar-refractivity contribution >= 4 is 49.1 Å². The van der Waals surface area contributed by atoms with Crippen LogP contribution in [0.1, 0.15) is 23.2 Å². The van der Waals surface area contributed by atoms with Crippen LogP contribution in [-0.2, 0) is 20.0 Å². The minimum absolute atomic E-state index is 0.0296. The van der Waals surface area contributed by atoms with Gasteiger partial charge in [-0.15, -0.1) is 0 Å². The average Bonchev–Trinajstić information content (AvgIpc) is 3.14. The van der Waals surface area contributed by atoms with Gasteiger partial charge in [-0.05, 0) is 42.8 Å². The number of anilines is 1. The normalized spacial score (nSPS) is 14.3. The first-order chi connectivity index (χ1) is 13.6. The Morgan fingerprint density at radius 1 is 1.03 bits per heavy atom. The van der Waals surface area contributed by atoms with Gasteiger partial charge in [0.1, 0.15) is 10.7 Å². The maximum absolute atomic E-state index is 12.7. The molecule has 0 saturated carbocycles. The number of sulfonamides is 2. The van der Waals surface area contributed by atoms with Gasteiger partial charge in [0.2, 0.25) is 0 Å². The topological polar surface area (TPSA) is 142 Å². The molecule has 3 N–H and O–H groups in total. The summed E-state index contributed by atoms with van der Waals surface area (Å²) < 4.78 is 54.9. The van der Waals surface area contributed by atoms with Gasteiger partial charge in [0.05, 0.1) is 21.2 Å². The van der Waals surface area contributed by atoms with Crippen LogP contribution in [0.4, 0.5) is 5.69 Å². The summed E-state index contributed by atoms with van der Waals surface area (Å²) in [5, 5.41) is 8.88. The smallest absolute Gasteiger partial charge is 0.335 e. The summed E-state index contributed by atoms with van der Waals surface area (Å²) in [7, 11) is -8.20. The zero-order valence-corrected chi connectivity index (χ0v) is 17.2. The van der Waals surface area contributed by atoms with Gasteiger partial charge in [-0.3, -0.25) is 14.4 Å². The van der Waals surface area contributed by atoms with E-state index in [4.69, 9.17) is 16.7 Å². The van der Waals surface area contributed by atoms with Crippen molar-refractivity contribution in [1.29, 1.82) is 0 Å². The van der Waals surface area contributed by atoms with E-state index in [1.807, 2.05) is 0 Å². The Bertz CT molecular complexity index is 1210. The highest BCUT2D eigenvalue weighted by molar-refractivity contribution is 7.93. The molecule has 0 spiro atoms. The number of carboxylic acid groups (broad SMARTS) is 1. The maximum atomic E-state index is 12.7. The van der Waals surface area contributed by atoms with Crippen molar-refractivity contribution in [2.45, 2.75) is 22.6 Å². The first kappa shape index (κ1) is 21.1. The van der Waals surface area contributed by atoms with E-state index in [0.717, 1.165) is 24.6 Å². The van der Waals surface area contributed by atoms with Crippen molar-refractivity contribution < 1.29 is 26.7 Å². The fraction of sp³-hybridized carbons (Fsp3) is 0.176. The standard InChI is InChI=1S/C17H16ClN3O6S2/c18-14-7-6-11(17(22)23)9-15(14)29(26,27)20-12-3-1-4-13(10-12)28(24,25)21-16-5-2-8-19-16/h1,3-4,6-7,9-10,20H,2,5,8H2,(H,19,21)(H,22,23). The predicted molar refractivity (Wildman–Crippen MR) is 108 cm³/mol. The van der Waals surface area contributed by atoms with Gasteiger partial charge in [-0.1, -0.05) is 17.7 Å². The minimum Gasteiger partial charge on any atom is -0.478 e. The van der Waals surface area contributed by atoms with Gasteiger partial charge >= 0.3 is 5.97 Å². The molecule has 12 heteroatoms. The van der Waals surface area contributed by atoms with Crippen LogP contribution < -0.4 is 9.44 Å². The molecular weight excluding hydrogens is 442 g/mol. The second kappa shape index (κ2) is 8.01. The predicted octanol–water partition coefficient (Wildman–Crippen LogP) is 2.31. The lowest BCUT2D eigenvalue weighted by atomic mass is 10.2. The number of benzene rings is 2. The quantitative estimate of drug-likeness (QED) is 0.607. The molecule has 1 aliphatic heterocycles. The van der Waals surface area contributed by atoms with Gasteiger partial charge in [0, 0.05) is 13.0 Å². The van der Waals surface area contributed by atoms with Crippen LogP contribution >= 0.6 is 11.6 Å². The van der Waals surface area contributed by atoms with E-state index in [9.17, 15) is 21.6 Å². The van der Waals surface area contributed by atoms with E-state index in [0.29, 0.717) is 18.8 Å². The third kappa shape index (κ3) is 4.86. The molecule has 2 aromatic carbocycles. The molecule has 0 unspecified atom stereocenters. The first-order valence-corrected chi connectivity index (χ1v) is 11.6. The van der Waals surface area contributed by atoms with Gasteiger partial charge in [0.15, 0.2) is 0 Å². The van der Waals surface area contributed by atoms with Crippen LogP contribution in [0.2, 0.25) is 5.02 Å². The van der Waals surface area contributed by atoms with Crippen molar-refractivity contribution in [3.05, 3.63) is 53.1 Å². The Morgan fingerprint density at radius 3 is 2.45 bits per heavy atom. The van der Waals surface area contributed by atoms with Gasteiger partial charge in [-0.25, -0.2) is 21.6 Å². The van der Waals surface area contributed by atoms with Gasteiger partial charge < -0.3 is 5.11 Å². The number of amidine groups is 1. The van der Waals surface area contributed by atoms with Crippen LogP contribution in [0.3, 0.4) is 0 Å². The van der Waals surface area contributed by atoms with E-state index >= 15 is 0 Å². The molecule has 29 heavy (non-hydrogen) atoms. The molecule has 0 aliphatic carbocycles. The molecule has 0 aromatic heterocycles. The zero-order valence-electron chi connectivity index (χ0n) is 14.8. The molecule has 0 radical (unpaired) electrons. The van der Waals surface area contributed by atoms with E-state index in [1.54, 1.807) is 0 Å². The molecule has 0 amide bonds. The van der Waals surface area contributed by atoms with Gasteiger partial charge in [0.25, 0.3) is 20.0 Å². The largest absolute Gasteiger partial charge is 0.478 e. The summed E-state index contributed by atoms with van der Waals surface area (Å²) >= 11 is 5.92. The molecule has 0 saturated heterocycles. The highest BCUT2D eigenvalue weighted by Crippen LogP contribution is 2.26. The van der Waals surface area contributed by atoms with E-state index in [-0.39, 0.29) is 21.2 Å². The van der Waals surface area contributed by atoms with Crippen LogP contribution in [0.25, 0.3) is 0 Å². The van der Waals surface area contributed by atoms with Crippen molar-refractivity contribution in [1.82, 2.24) is 4.72 Å². The highest BCUT2D eigenvalue weighted by Gasteiger charge is 2.22. The number of hydrogen-bond acceptors (Lipinski definition) is 6. The Hall–Kier alpha value is -2.63. The monoisotopic (exact) mass is 457 g/mol. The average molecular weight is 458 g/mol. The third-order valence-corrected chi connectivity index (χ3v) is 7.23. The fourth-order valence-electron chi connectivity index (χ4n) is 2.62. The number of rotatable bonds is 6. The lowest BCUT2D eigenvalue weighted by Gasteiger charge is -2.12. The molecular formula is C17H16ClN3O6S2. The lowest BCUT2D eigenvalue weighted by molar-refractivity contribution is 0.0696. The van der Waals surface area contributed by atoms with Crippen molar-refractivity contribution in [2.24, 2.45) is 4.99 Å². The van der Waals surface area contributed by atoms with Crippen molar-refractivity contribution in [3.63, 3.8) is 0 Å². The number of halogens is 1. The first-order valence-electron chi connectivity index (χ1n) is 8.30. The molecule has 0 atom stereocenters. The van der Waals surface area contributed by atoms with E-state index in [2.05, 4.69) is 14.4 Å². The number of hydrogen-bond donors (Lipinski definition) is 3. The van der Waals surface area contributed by atoms with E-state index in [1.165, 1.54) is 24.3 Å². The lowest BCUT2D eigenvalue weighted by Crippen LogP contribution is -2.29. The van der Waals surface area contributed by atoms with Crippen molar-refractivity contribution in [3.8, 4) is 0 Å². The second-order valence-electron chi connectivity index (χ2n) is 6.12. The number of aliphatic imine (C=N–C) groups is 1. The Balaban J connectivity index is 1.90. The van der Waals surface area contributed by atoms with Gasteiger partial charge in [-0.2, -0.15) is 0 Å². The summed E-state index contributed by atoms with van der Waals surface area (Å²) in [4.78, 5) is 14.6. The number of carbonyl (C=O) groups is 1. The third-order valence-electron chi connectivity index (χ3n) is 3.99. The van der Waals surface area contributed by atoms with Crippen LogP contribution in [0.15, 0.2) is 57.2 Å². The fourth-order valence-corrected chi connectivity index (χ4v) is 5.33. The molecule has 1 heterocycles. The Kier molecular flexibility index (Phi) is 5.82. The molecule has 0 fully saturated rings. The zero-order chi connectivity index (χ0) is 21.2. The minimum atomic E-state index is -4.27.